The van der Waals surface area contributed by atoms with E-state index in [9.17, 15) is 0 Å². The average molecular weight is 345 g/mol. The van der Waals surface area contributed by atoms with Gasteiger partial charge in [0.2, 0.25) is 0 Å². The van der Waals surface area contributed by atoms with Crippen LogP contribution in [0.3, 0.4) is 0 Å². The third-order valence-electron chi connectivity index (χ3n) is 3.21. The number of aromatic nitrogens is 2. The second-order valence-corrected chi connectivity index (χ2v) is 7.78. The van der Waals surface area contributed by atoms with Crippen molar-refractivity contribution in [3.63, 3.8) is 0 Å². The Bertz CT molecular complexity index is 763. The number of hydrogen-bond donors (Lipinski definition) is 0. The number of hydrogen-bond acceptors (Lipinski definition) is 4. The van der Waals surface area contributed by atoms with Gasteiger partial charge in [-0.15, -0.1) is 5.10 Å². The van der Waals surface area contributed by atoms with Gasteiger partial charge in [0.1, 0.15) is 0 Å². The van der Waals surface area contributed by atoms with Crippen molar-refractivity contribution in [2.24, 2.45) is 0 Å². The number of para-hydroxylation sites is 1. The maximum atomic E-state index is 5.42. The summed E-state index contributed by atoms with van der Waals surface area (Å²) in [7, 11) is 0. The average Bonchev–Trinajstić information content (AvgIpc) is 2.94. The predicted octanol–water partition coefficient (Wildman–Crippen LogP) is 5.39. The summed E-state index contributed by atoms with van der Waals surface area (Å²) in [6.45, 7) is 0. The van der Waals surface area contributed by atoms with Crippen LogP contribution in [0.4, 0.5) is 0 Å². The summed E-state index contributed by atoms with van der Waals surface area (Å²) in [6, 6.07) is 20.7. The molecule has 0 radical (unpaired) electrons. The third kappa shape index (κ3) is 4.06. The number of rotatable bonds is 6. The molecular formula is C17H16N2S3. The molecule has 3 rings (SSSR count). The molecule has 2 aromatic carbocycles. The highest BCUT2D eigenvalue weighted by molar-refractivity contribution is 8.01. The van der Waals surface area contributed by atoms with Gasteiger partial charge in [0.25, 0.3) is 0 Å². The summed E-state index contributed by atoms with van der Waals surface area (Å²) in [5, 5.41) is 4.62. The molecule has 3 aromatic rings. The Morgan fingerprint density at radius 3 is 2.41 bits per heavy atom. The molecule has 5 heteroatoms. The van der Waals surface area contributed by atoms with Gasteiger partial charge in [-0.05, 0) is 42.8 Å². The fraction of sp³-hybridized carbons (Fsp3) is 0.176. The van der Waals surface area contributed by atoms with Crippen LogP contribution in [0.25, 0.3) is 5.69 Å². The van der Waals surface area contributed by atoms with Gasteiger partial charge in [-0.2, -0.15) is 0 Å². The van der Waals surface area contributed by atoms with Crippen molar-refractivity contribution in [3.8, 4) is 5.69 Å². The monoisotopic (exact) mass is 344 g/mol. The minimum atomic E-state index is 0.803. The molecule has 1 heterocycles. The zero-order valence-corrected chi connectivity index (χ0v) is 14.5. The SMILES string of the molecule is S=c1sc(SCCCc2ccccc2)nn1-c1ccccc1. The van der Waals surface area contributed by atoms with Crippen LogP contribution in [0.2, 0.25) is 0 Å². The first-order chi connectivity index (χ1) is 10.8. The van der Waals surface area contributed by atoms with Crippen molar-refractivity contribution in [2.45, 2.75) is 17.2 Å². The van der Waals surface area contributed by atoms with Crippen LogP contribution in [-0.2, 0) is 6.42 Å². The standard InChI is InChI=1S/C17H16N2S3/c20-17-19(15-11-5-2-6-12-15)18-16(22-17)21-13-7-10-14-8-3-1-4-9-14/h1-6,8-9,11-12H,7,10,13H2. The van der Waals surface area contributed by atoms with Crippen molar-refractivity contribution >= 4 is 35.3 Å². The van der Waals surface area contributed by atoms with Crippen LogP contribution >= 0.6 is 35.3 Å². The van der Waals surface area contributed by atoms with Gasteiger partial charge in [0, 0.05) is 5.75 Å². The molecule has 0 spiro atoms. The van der Waals surface area contributed by atoms with Gasteiger partial charge in [-0.1, -0.05) is 71.6 Å². The largest absolute Gasteiger partial charge is 0.211 e. The summed E-state index contributed by atoms with van der Waals surface area (Å²) in [5.74, 6) is 1.06. The van der Waals surface area contributed by atoms with Crippen molar-refractivity contribution in [1.82, 2.24) is 9.78 Å². The lowest BCUT2D eigenvalue weighted by molar-refractivity contribution is 0.828. The molecule has 0 N–H and O–H groups in total. The first-order valence-corrected chi connectivity index (χ1v) is 9.36. The molecule has 22 heavy (non-hydrogen) atoms. The minimum absolute atomic E-state index is 0.803. The van der Waals surface area contributed by atoms with Crippen molar-refractivity contribution in [2.75, 3.05) is 5.75 Å². The van der Waals surface area contributed by atoms with E-state index in [1.165, 1.54) is 5.56 Å². The maximum absolute atomic E-state index is 5.42. The molecule has 1 aromatic heterocycles. The summed E-state index contributed by atoms with van der Waals surface area (Å²) in [4.78, 5) is 0. The second-order valence-electron chi connectivity index (χ2n) is 4.82. The molecule has 0 fully saturated rings. The Morgan fingerprint density at radius 2 is 1.68 bits per heavy atom. The quantitative estimate of drug-likeness (QED) is 0.339. The van der Waals surface area contributed by atoms with E-state index in [4.69, 9.17) is 12.2 Å². The van der Waals surface area contributed by atoms with Crippen molar-refractivity contribution in [3.05, 3.63) is 70.2 Å². The lowest BCUT2D eigenvalue weighted by atomic mass is 10.1. The van der Waals surface area contributed by atoms with Gasteiger partial charge in [0.05, 0.1) is 5.69 Å². The van der Waals surface area contributed by atoms with E-state index in [0.717, 1.165) is 32.6 Å². The highest BCUT2D eigenvalue weighted by Crippen LogP contribution is 2.25. The summed E-state index contributed by atoms with van der Waals surface area (Å²) >= 11 is 8.79. The topological polar surface area (TPSA) is 17.8 Å². The molecule has 0 aliphatic heterocycles. The van der Waals surface area contributed by atoms with Crippen LogP contribution in [0.1, 0.15) is 12.0 Å². The zero-order valence-electron chi connectivity index (χ0n) is 12.0. The molecule has 0 bridgehead atoms. The zero-order chi connectivity index (χ0) is 15.2. The Balaban J connectivity index is 1.57. The van der Waals surface area contributed by atoms with E-state index >= 15 is 0 Å². The van der Waals surface area contributed by atoms with Gasteiger partial charge in [-0.3, -0.25) is 0 Å². The van der Waals surface area contributed by atoms with Gasteiger partial charge in [-0.25, -0.2) is 4.68 Å². The second kappa shape index (κ2) is 7.72. The fourth-order valence-electron chi connectivity index (χ4n) is 2.13. The normalized spacial score (nSPS) is 10.7. The highest BCUT2D eigenvalue weighted by atomic mass is 32.2. The molecule has 0 atom stereocenters. The summed E-state index contributed by atoms with van der Waals surface area (Å²) in [6.07, 6.45) is 2.25. The molecular weight excluding hydrogens is 328 g/mol. The minimum Gasteiger partial charge on any atom is -0.211 e. The Kier molecular flexibility index (Phi) is 5.43. The third-order valence-corrected chi connectivity index (χ3v) is 5.66. The van der Waals surface area contributed by atoms with Gasteiger partial charge in [0.15, 0.2) is 8.29 Å². The van der Waals surface area contributed by atoms with Crippen LogP contribution in [0.15, 0.2) is 65.0 Å². The van der Waals surface area contributed by atoms with E-state index in [0.29, 0.717) is 0 Å². The van der Waals surface area contributed by atoms with Crippen molar-refractivity contribution in [1.29, 1.82) is 0 Å². The number of aryl methyl sites for hydroxylation is 1. The summed E-state index contributed by atoms with van der Waals surface area (Å²) in [5.41, 5.74) is 2.42. The maximum Gasteiger partial charge on any atom is 0.184 e. The Hall–Kier alpha value is -1.43. The number of benzene rings is 2. The molecule has 112 valence electrons. The summed E-state index contributed by atoms with van der Waals surface area (Å²) < 4.78 is 3.69. The van der Waals surface area contributed by atoms with E-state index in [1.54, 1.807) is 23.1 Å². The van der Waals surface area contributed by atoms with Crippen LogP contribution in [-0.4, -0.2) is 15.5 Å². The molecule has 0 aliphatic carbocycles. The molecule has 0 unspecified atom stereocenters. The first-order valence-electron chi connectivity index (χ1n) is 7.15. The predicted molar refractivity (Wildman–Crippen MR) is 97.8 cm³/mol. The van der Waals surface area contributed by atoms with E-state index < -0.39 is 0 Å². The Labute approximate surface area is 143 Å². The van der Waals surface area contributed by atoms with Crippen molar-refractivity contribution < 1.29 is 0 Å². The van der Waals surface area contributed by atoms with Gasteiger partial charge < -0.3 is 0 Å². The first kappa shape index (κ1) is 15.5. The lowest BCUT2D eigenvalue weighted by Crippen LogP contribution is -1.95. The molecule has 0 aliphatic rings. The van der Waals surface area contributed by atoms with E-state index in [-0.39, 0.29) is 0 Å². The smallest absolute Gasteiger partial charge is 0.184 e. The number of thioether (sulfide) groups is 1. The Morgan fingerprint density at radius 1 is 1.00 bits per heavy atom. The van der Waals surface area contributed by atoms with Crippen LogP contribution < -0.4 is 0 Å². The number of nitrogens with zero attached hydrogens (tertiary/aromatic N) is 2. The highest BCUT2D eigenvalue weighted by Gasteiger charge is 2.06. The van der Waals surface area contributed by atoms with E-state index in [2.05, 4.69) is 35.4 Å². The van der Waals surface area contributed by atoms with Gasteiger partial charge >= 0.3 is 0 Å². The molecule has 0 saturated heterocycles. The van der Waals surface area contributed by atoms with E-state index in [1.807, 2.05) is 35.0 Å². The fourth-order valence-corrected chi connectivity index (χ4v) is 4.50. The van der Waals surface area contributed by atoms with Crippen LogP contribution in [0, 0.1) is 3.95 Å². The molecule has 0 saturated carbocycles. The van der Waals surface area contributed by atoms with Crippen LogP contribution in [0.5, 0.6) is 0 Å². The molecule has 2 nitrogen and oxygen atoms in total. The lowest BCUT2D eigenvalue weighted by Gasteiger charge is -2.00. The molecule has 0 amide bonds.